The first-order chi connectivity index (χ1) is 9.81. The van der Waals surface area contributed by atoms with Gasteiger partial charge in [-0.2, -0.15) is 0 Å². The molecular formula is C16H25N3O. The zero-order valence-electron chi connectivity index (χ0n) is 12.3. The van der Waals surface area contributed by atoms with Crippen LogP contribution in [0.25, 0.3) is 0 Å². The number of nitrogens with one attached hydrogen (secondary N) is 1. The first-order valence-corrected chi connectivity index (χ1v) is 7.64. The van der Waals surface area contributed by atoms with E-state index in [4.69, 9.17) is 0 Å². The summed E-state index contributed by atoms with van der Waals surface area (Å²) in [6, 6.07) is 4.41. The molecule has 20 heavy (non-hydrogen) atoms. The third-order valence-corrected chi connectivity index (χ3v) is 4.05. The lowest BCUT2D eigenvalue weighted by atomic mass is 9.98. The molecule has 1 aromatic heterocycles. The summed E-state index contributed by atoms with van der Waals surface area (Å²) in [6.45, 7) is 1.92. The van der Waals surface area contributed by atoms with Crippen LogP contribution >= 0.6 is 0 Å². The van der Waals surface area contributed by atoms with Gasteiger partial charge in [-0.05, 0) is 63.4 Å². The highest BCUT2D eigenvalue weighted by Crippen LogP contribution is 2.20. The van der Waals surface area contributed by atoms with Crippen LogP contribution in [0.5, 0.6) is 0 Å². The summed E-state index contributed by atoms with van der Waals surface area (Å²) in [5, 5.41) is 3.19. The maximum atomic E-state index is 12.4. The lowest BCUT2D eigenvalue weighted by Crippen LogP contribution is -2.44. The number of nitrogens with zero attached hydrogens (tertiary/aromatic N) is 2. The van der Waals surface area contributed by atoms with E-state index in [9.17, 15) is 4.79 Å². The van der Waals surface area contributed by atoms with Crippen molar-refractivity contribution < 1.29 is 4.79 Å². The Morgan fingerprint density at radius 2 is 2.20 bits per heavy atom. The van der Waals surface area contributed by atoms with Crippen LogP contribution in [-0.2, 0) is 11.2 Å². The predicted octanol–water partition coefficient (Wildman–Crippen LogP) is 2.00. The van der Waals surface area contributed by atoms with Crippen molar-refractivity contribution in [2.75, 3.05) is 20.1 Å². The molecule has 1 atom stereocenters. The Morgan fingerprint density at radius 3 is 2.95 bits per heavy atom. The van der Waals surface area contributed by atoms with Crippen LogP contribution in [0.2, 0.25) is 0 Å². The van der Waals surface area contributed by atoms with E-state index in [2.05, 4.69) is 15.2 Å². The van der Waals surface area contributed by atoms with Crippen LogP contribution in [0.15, 0.2) is 24.5 Å². The molecule has 2 rings (SSSR count). The molecule has 1 saturated heterocycles. The minimum Gasteiger partial charge on any atom is -0.340 e. The monoisotopic (exact) mass is 275 g/mol. The second kappa shape index (κ2) is 8.00. The van der Waals surface area contributed by atoms with E-state index in [1.807, 2.05) is 19.2 Å². The van der Waals surface area contributed by atoms with E-state index in [0.717, 1.165) is 38.8 Å². The topological polar surface area (TPSA) is 45.2 Å². The lowest BCUT2D eigenvalue weighted by Gasteiger charge is -2.36. The van der Waals surface area contributed by atoms with Crippen LogP contribution in [-0.4, -0.2) is 42.0 Å². The first-order valence-electron chi connectivity index (χ1n) is 7.64. The molecule has 1 aromatic rings. The van der Waals surface area contributed by atoms with Gasteiger partial charge in [0, 0.05) is 31.4 Å². The second-order valence-electron chi connectivity index (χ2n) is 5.48. The predicted molar refractivity (Wildman–Crippen MR) is 80.5 cm³/mol. The summed E-state index contributed by atoms with van der Waals surface area (Å²) in [7, 11) is 1.97. The number of aryl methyl sites for hydroxylation is 1. The van der Waals surface area contributed by atoms with Gasteiger partial charge in [0.05, 0.1) is 0 Å². The summed E-state index contributed by atoms with van der Waals surface area (Å²) in [5.41, 5.74) is 1.19. The zero-order valence-corrected chi connectivity index (χ0v) is 12.3. The second-order valence-corrected chi connectivity index (χ2v) is 5.48. The van der Waals surface area contributed by atoms with Gasteiger partial charge in [0.2, 0.25) is 5.91 Å². The highest BCUT2D eigenvalue weighted by Gasteiger charge is 2.25. The number of pyridine rings is 1. The average molecular weight is 275 g/mol. The normalized spacial score (nSPS) is 19.1. The van der Waals surface area contributed by atoms with Gasteiger partial charge in [0.15, 0.2) is 0 Å². The molecule has 2 heterocycles. The number of carbonyl (C=O) groups excluding carboxylic acids is 1. The number of piperidine rings is 1. The minimum absolute atomic E-state index is 0.308. The average Bonchev–Trinajstić information content (AvgIpc) is 2.52. The fraction of sp³-hybridized carbons (Fsp3) is 0.625. The van der Waals surface area contributed by atoms with Crippen molar-refractivity contribution in [1.82, 2.24) is 15.2 Å². The standard InChI is InChI=1S/C16H25N3O/c1-17-10-9-15-4-2-3-13-19(15)16(20)6-5-14-7-11-18-12-8-14/h7-8,11-12,15,17H,2-6,9-10,13H2,1H3. The van der Waals surface area contributed by atoms with E-state index < -0.39 is 0 Å². The van der Waals surface area contributed by atoms with Crippen molar-refractivity contribution in [2.24, 2.45) is 0 Å². The van der Waals surface area contributed by atoms with Crippen molar-refractivity contribution in [3.8, 4) is 0 Å². The lowest BCUT2D eigenvalue weighted by molar-refractivity contribution is -0.134. The molecule has 1 N–H and O–H groups in total. The Hall–Kier alpha value is -1.42. The summed E-state index contributed by atoms with van der Waals surface area (Å²) in [6.07, 6.45) is 9.63. The molecular weight excluding hydrogens is 250 g/mol. The number of rotatable bonds is 6. The van der Waals surface area contributed by atoms with Gasteiger partial charge >= 0.3 is 0 Å². The summed E-state index contributed by atoms with van der Waals surface area (Å²) >= 11 is 0. The van der Waals surface area contributed by atoms with E-state index in [1.54, 1.807) is 12.4 Å². The van der Waals surface area contributed by atoms with Crippen molar-refractivity contribution in [3.05, 3.63) is 30.1 Å². The summed E-state index contributed by atoms with van der Waals surface area (Å²) in [5.74, 6) is 0.308. The van der Waals surface area contributed by atoms with Crippen LogP contribution in [0.4, 0.5) is 0 Å². The summed E-state index contributed by atoms with van der Waals surface area (Å²) in [4.78, 5) is 18.6. The Morgan fingerprint density at radius 1 is 1.40 bits per heavy atom. The van der Waals surface area contributed by atoms with Gasteiger partial charge < -0.3 is 10.2 Å². The molecule has 0 aromatic carbocycles. The third-order valence-electron chi connectivity index (χ3n) is 4.05. The third kappa shape index (κ3) is 4.30. The number of likely N-dealkylation sites (tertiary alicyclic amines) is 1. The zero-order chi connectivity index (χ0) is 14.2. The Labute approximate surface area is 121 Å². The quantitative estimate of drug-likeness (QED) is 0.863. The molecule has 1 aliphatic rings. The molecule has 1 unspecified atom stereocenters. The van der Waals surface area contributed by atoms with Gasteiger partial charge in [-0.25, -0.2) is 0 Å². The van der Waals surface area contributed by atoms with Crippen LogP contribution < -0.4 is 5.32 Å². The van der Waals surface area contributed by atoms with Crippen molar-refractivity contribution >= 4 is 5.91 Å². The van der Waals surface area contributed by atoms with E-state index in [1.165, 1.54) is 12.0 Å². The number of hydrogen-bond acceptors (Lipinski definition) is 3. The maximum absolute atomic E-state index is 12.4. The molecule has 1 amide bonds. The van der Waals surface area contributed by atoms with Crippen LogP contribution in [0.3, 0.4) is 0 Å². The fourth-order valence-electron chi connectivity index (χ4n) is 2.88. The smallest absolute Gasteiger partial charge is 0.223 e. The highest BCUT2D eigenvalue weighted by atomic mass is 16.2. The molecule has 0 bridgehead atoms. The van der Waals surface area contributed by atoms with E-state index >= 15 is 0 Å². The van der Waals surface area contributed by atoms with Gasteiger partial charge in [-0.15, -0.1) is 0 Å². The molecule has 4 heteroatoms. The molecule has 0 saturated carbocycles. The molecule has 0 spiro atoms. The molecule has 0 aliphatic carbocycles. The largest absolute Gasteiger partial charge is 0.340 e. The molecule has 4 nitrogen and oxygen atoms in total. The van der Waals surface area contributed by atoms with Crippen molar-refractivity contribution in [2.45, 2.75) is 44.6 Å². The SMILES string of the molecule is CNCCC1CCCCN1C(=O)CCc1ccncc1. The maximum Gasteiger partial charge on any atom is 0.223 e. The Kier molecular flexibility index (Phi) is 5.99. The highest BCUT2D eigenvalue weighted by molar-refractivity contribution is 5.76. The van der Waals surface area contributed by atoms with Crippen molar-refractivity contribution in [3.63, 3.8) is 0 Å². The van der Waals surface area contributed by atoms with Crippen LogP contribution in [0.1, 0.15) is 37.7 Å². The van der Waals surface area contributed by atoms with Gasteiger partial charge in [0.1, 0.15) is 0 Å². The van der Waals surface area contributed by atoms with Gasteiger partial charge in [-0.1, -0.05) is 0 Å². The molecule has 110 valence electrons. The number of amides is 1. The molecule has 1 aliphatic heterocycles. The van der Waals surface area contributed by atoms with Gasteiger partial charge in [0.25, 0.3) is 0 Å². The first kappa shape index (κ1) is 15.0. The minimum atomic E-state index is 0.308. The summed E-state index contributed by atoms with van der Waals surface area (Å²) < 4.78 is 0. The number of carbonyl (C=O) groups is 1. The van der Waals surface area contributed by atoms with Crippen LogP contribution in [0, 0.1) is 0 Å². The van der Waals surface area contributed by atoms with E-state index in [-0.39, 0.29) is 0 Å². The number of aromatic nitrogens is 1. The van der Waals surface area contributed by atoms with E-state index in [0.29, 0.717) is 18.4 Å². The molecule has 0 radical (unpaired) electrons. The fourth-order valence-corrected chi connectivity index (χ4v) is 2.88. The Bertz CT molecular complexity index is 407. The Balaban J connectivity index is 1.85. The number of hydrogen-bond donors (Lipinski definition) is 1. The molecule has 1 fully saturated rings. The van der Waals surface area contributed by atoms with Crippen molar-refractivity contribution in [1.29, 1.82) is 0 Å². The van der Waals surface area contributed by atoms with Gasteiger partial charge in [-0.3, -0.25) is 9.78 Å².